The van der Waals surface area contributed by atoms with Crippen molar-refractivity contribution in [3.05, 3.63) is 45.3 Å². The summed E-state index contributed by atoms with van der Waals surface area (Å²) in [7, 11) is -3.83. The third-order valence-corrected chi connectivity index (χ3v) is 7.79. The quantitative estimate of drug-likeness (QED) is 0.662. The number of anilines is 1. The van der Waals surface area contributed by atoms with Gasteiger partial charge in [-0.3, -0.25) is 4.79 Å². The van der Waals surface area contributed by atoms with Gasteiger partial charge in [0.2, 0.25) is 5.91 Å². The summed E-state index contributed by atoms with van der Waals surface area (Å²) in [6.45, 7) is 4.08. The van der Waals surface area contributed by atoms with Gasteiger partial charge in [-0.1, -0.05) is 18.5 Å². The van der Waals surface area contributed by atoms with Crippen molar-refractivity contribution in [3.8, 4) is 0 Å². The van der Waals surface area contributed by atoms with Gasteiger partial charge in [0, 0.05) is 9.90 Å². The largest absolute Gasteiger partial charge is 0.462 e. The smallest absolute Gasteiger partial charge is 0.341 e. The van der Waals surface area contributed by atoms with Crippen molar-refractivity contribution >= 4 is 49.7 Å². The van der Waals surface area contributed by atoms with Crippen LogP contribution in [0.4, 0.5) is 5.00 Å². The Morgan fingerprint density at radius 2 is 1.97 bits per heavy atom. The minimum atomic E-state index is -3.83. The highest BCUT2D eigenvalue weighted by molar-refractivity contribution is 7.92. The summed E-state index contributed by atoms with van der Waals surface area (Å²) in [5.41, 5.74) is 1.26. The van der Waals surface area contributed by atoms with Gasteiger partial charge in [0.25, 0.3) is 0 Å². The molecule has 0 fully saturated rings. The second-order valence-electron chi connectivity index (χ2n) is 7.04. The Morgan fingerprint density at radius 3 is 2.62 bits per heavy atom. The Bertz CT molecular complexity index is 1030. The fraction of sp³-hybridized carbons (Fsp3) is 0.400. The standard InChI is InChI=1S/C20H22ClNO5S2/c1-3-27-20(24)18-15-9-4-12(2)10-16(15)28-19(18)22-17(23)11-29(25,26)14-7-5-13(21)6-8-14/h5-8,12H,3-4,9-11H2,1-2H3,(H,22,23). The van der Waals surface area contributed by atoms with Crippen molar-refractivity contribution in [1.29, 1.82) is 0 Å². The van der Waals surface area contributed by atoms with E-state index in [1.54, 1.807) is 6.92 Å². The van der Waals surface area contributed by atoms with Crippen molar-refractivity contribution in [1.82, 2.24) is 0 Å². The predicted molar refractivity (Wildman–Crippen MR) is 114 cm³/mol. The molecule has 29 heavy (non-hydrogen) atoms. The van der Waals surface area contributed by atoms with Crippen molar-refractivity contribution in [3.63, 3.8) is 0 Å². The first-order valence-corrected chi connectivity index (χ1v) is 12.2. The van der Waals surface area contributed by atoms with Crippen molar-refractivity contribution in [2.45, 2.75) is 38.0 Å². The SMILES string of the molecule is CCOC(=O)c1c(NC(=O)CS(=O)(=O)c2ccc(Cl)cc2)sc2c1CCC(C)C2. The number of carbonyl (C=O) groups is 2. The van der Waals surface area contributed by atoms with Crippen LogP contribution in [0, 0.1) is 5.92 Å². The van der Waals surface area contributed by atoms with E-state index in [9.17, 15) is 18.0 Å². The minimum Gasteiger partial charge on any atom is -0.462 e. The molecule has 1 aromatic carbocycles. The van der Waals surface area contributed by atoms with Crippen LogP contribution in [-0.2, 0) is 32.2 Å². The summed E-state index contributed by atoms with van der Waals surface area (Å²) in [4.78, 5) is 26.1. The molecule has 1 N–H and O–H groups in total. The first-order valence-electron chi connectivity index (χ1n) is 9.31. The van der Waals surface area contributed by atoms with Gasteiger partial charge in [0.1, 0.15) is 10.8 Å². The molecule has 1 aromatic heterocycles. The van der Waals surface area contributed by atoms with Crippen LogP contribution in [0.5, 0.6) is 0 Å². The van der Waals surface area contributed by atoms with E-state index in [-0.39, 0.29) is 11.5 Å². The summed E-state index contributed by atoms with van der Waals surface area (Å²) >= 11 is 7.12. The molecule has 9 heteroatoms. The molecule has 2 aromatic rings. The highest BCUT2D eigenvalue weighted by Crippen LogP contribution is 2.40. The highest BCUT2D eigenvalue weighted by Gasteiger charge is 2.30. The number of thiophene rings is 1. The molecule has 1 atom stereocenters. The van der Waals surface area contributed by atoms with E-state index in [1.807, 2.05) is 0 Å². The Balaban J connectivity index is 1.84. The molecule has 0 spiro atoms. The Kier molecular flexibility index (Phi) is 6.65. The Hall–Kier alpha value is -1.90. The molecule has 0 saturated carbocycles. The maximum Gasteiger partial charge on any atom is 0.341 e. The van der Waals surface area contributed by atoms with E-state index in [0.717, 1.165) is 29.7 Å². The molecular formula is C20H22ClNO5S2. The van der Waals surface area contributed by atoms with Gasteiger partial charge in [-0.2, -0.15) is 0 Å². The maximum atomic E-state index is 12.5. The van der Waals surface area contributed by atoms with E-state index in [0.29, 0.717) is 21.5 Å². The zero-order valence-electron chi connectivity index (χ0n) is 16.2. The van der Waals surface area contributed by atoms with Crippen LogP contribution < -0.4 is 5.32 Å². The zero-order chi connectivity index (χ0) is 21.2. The zero-order valence-corrected chi connectivity index (χ0v) is 18.5. The summed E-state index contributed by atoms with van der Waals surface area (Å²) in [6.07, 6.45) is 2.51. The molecule has 1 aliphatic rings. The van der Waals surface area contributed by atoms with Crippen LogP contribution in [0.2, 0.25) is 5.02 Å². The van der Waals surface area contributed by atoms with Gasteiger partial charge >= 0.3 is 5.97 Å². The number of benzene rings is 1. The van der Waals surface area contributed by atoms with Crippen LogP contribution in [0.25, 0.3) is 0 Å². The number of hydrogen-bond acceptors (Lipinski definition) is 6. The fourth-order valence-electron chi connectivity index (χ4n) is 3.32. The molecular weight excluding hydrogens is 434 g/mol. The lowest BCUT2D eigenvalue weighted by molar-refractivity contribution is -0.113. The van der Waals surface area contributed by atoms with Crippen molar-refractivity contribution in [2.24, 2.45) is 5.92 Å². The topological polar surface area (TPSA) is 89.5 Å². The number of esters is 1. The first kappa shape index (κ1) is 21.8. The van der Waals surface area contributed by atoms with Gasteiger partial charge in [0.05, 0.1) is 17.1 Å². The molecule has 0 radical (unpaired) electrons. The predicted octanol–water partition coefficient (Wildman–Crippen LogP) is 4.12. The number of rotatable bonds is 6. The molecule has 1 unspecified atom stereocenters. The van der Waals surface area contributed by atoms with E-state index >= 15 is 0 Å². The third kappa shape index (κ3) is 4.99. The highest BCUT2D eigenvalue weighted by atomic mass is 35.5. The third-order valence-electron chi connectivity index (χ3n) is 4.74. The van der Waals surface area contributed by atoms with Crippen LogP contribution in [0.1, 0.15) is 41.1 Å². The molecule has 0 aliphatic heterocycles. The summed E-state index contributed by atoms with van der Waals surface area (Å²) in [5, 5.41) is 3.40. The average Bonchev–Trinajstić information content (AvgIpc) is 2.98. The molecule has 1 amide bonds. The lowest BCUT2D eigenvalue weighted by Gasteiger charge is -2.18. The lowest BCUT2D eigenvalue weighted by atomic mass is 9.88. The van der Waals surface area contributed by atoms with Gasteiger partial charge in [-0.25, -0.2) is 13.2 Å². The summed E-state index contributed by atoms with van der Waals surface area (Å²) < 4.78 is 30.2. The molecule has 1 heterocycles. The van der Waals surface area contributed by atoms with E-state index in [4.69, 9.17) is 16.3 Å². The number of fused-ring (bicyclic) bond motifs is 1. The van der Waals surface area contributed by atoms with Crippen LogP contribution in [-0.4, -0.2) is 32.7 Å². The maximum absolute atomic E-state index is 12.5. The van der Waals surface area contributed by atoms with E-state index in [1.165, 1.54) is 35.6 Å². The van der Waals surface area contributed by atoms with E-state index in [2.05, 4.69) is 12.2 Å². The number of ether oxygens (including phenoxy) is 1. The number of sulfone groups is 1. The number of hydrogen-bond donors (Lipinski definition) is 1. The molecule has 1 aliphatic carbocycles. The second kappa shape index (κ2) is 8.85. The first-order chi connectivity index (χ1) is 13.7. The second-order valence-corrected chi connectivity index (χ2v) is 10.6. The molecule has 6 nitrogen and oxygen atoms in total. The molecule has 3 rings (SSSR count). The number of amides is 1. The fourth-order valence-corrected chi connectivity index (χ4v) is 5.99. The van der Waals surface area contributed by atoms with Gasteiger partial charge < -0.3 is 10.1 Å². The van der Waals surface area contributed by atoms with Crippen molar-refractivity contribution < 1.29 is 22.7 Å². The Morgan fingerprint density at radius 1 is 1.28 bits per heavy atom. The van der Waals surface area contributed by atoms with Crippen molar-refractivity contribution in [2.75, 3.05) is 17.7 Å². The van der Waals surface area contributed by atoms with Crippen LogP contribution in [0.3, 0.4) is 0 Å². The van der Waals surface area contributed by atoms with E-state index < -0.39 is 27.5 Å². The van der Waals surface area contributed by atoms with Gasteiger partial charge in [-0.05, 0) is 61.9 Å². The monoisotopic (exact) mass is 455 g/mol. The van der Waals surface area contributed by atoms with Crippen LogP contribution >= 0.6 is 22.9 Å². The normalized spacial score (nSPS) is 16.2. The molecule has 156 valence electrons. The minimum absolute atomic E-state index is 0.0157. The molecule has 0 bridgehead atoms. The number of nitrogens with one attached hydrogen (secondary N) is 1. The van der Waals surface area contributed by atoms with Gasteiger partial charge in [-0.15, -0.1) is 11.3 Å². The Labute approximate surface area is 179 Å². The van der Waals surface area contributed by atoms with Gasteiger partial charge in [0.15, 0.2) is 9.84 Å². The number of carbonyl (C=O) groups excluding carboxylic acids is 2. The average molecular weight is 456 g/mol. The summed E-state index contributed by atoms with van der Waals surface area (Å²) in [6, 6.07) is 5.64. The lowest BCUT2D eigenvalue weighted by Crippen LogP contribution is -2.23. The molecule has 0 saturated heterocycles. The summed E-state index contributed by atoms with van der Waals surface area (Å²) in [5.74, 6) is -1.42. The number of halogens is 1. The van der Waals surface area contributed by atoms with Crippen LogP contribution in [0.15, 0.2) is 29.2 Å².